The molecule has 0 aromatic heterocycles. The Morgan fingerprint density at radius 2 is 2.20 bits per heavy atom. The second-order valence-electron chi connectivity index (χ2n) is 3.44. The molecule has 1 aliphatic rings. The van der Waals surface area contributed by atoms with Gasteiger partial charge in [0.05, 0.1) is 5.75 Å². The minimum Gasteiger partial charge on any atom is -0.287 e. The number of carbonyl (C=O) groups excluding carboxylic acids is 2. The number of carbonyl (C=O) groups is 2. The molecule has 2 rings (SSSR count). The molecule has 15 heavy (non-hydrogen) atoms. The van der Waals surface area contributed by atoms with E-state index in [0.717, 1.165) is 11.1 Å². The predicted molar refractivity (Wildman–Crippen MR) is 62.3 cm³/mol. The maximum absolute atomic E-state index is 11.3. The summed E-state index contributed by atoms with van der Waals surface area (Å²) in [5.74, 6) is 0.125. The summed E-state index contributed by atoms with van der Waals surface area (Å²) in [5.41, 5.74) is 2.15. The van der Waals surface area contributed by atoms with Gasteiger partial charge in [-0.25, -0.2) is 0 Å². The summed E-state index contributed by atoms with van der Waals surface area (Å²) in [6.45, 7) is 2.00. The number of nitrogens with one attached hydrogen (secondary N) is 1. The molecule has 4 heteroatoms. The largest absolute Gasteiger partial charge is 0.287 e. The van der Waals surface area contributed by atoms with Crippen LogP contribution in [0.25, 0.3) is 0 Å². The molecule has 0 saturated carbocycles. The Hall–Kier alpha value is -1.42. The van der Waals surface area contributed by atoms with Crippen molar-refractivity contribution in [2.75, 3.05) is 5.75 Å². The maximum Gasteiger partial charge on any atom is 0.280 e. The summed E-state index contributed by atoms with van der Waals surface area (Å²) in [4.78, 5) is 22.3. The van der Waals surface area contributed by atoms with Crippen molar-refractivity contribution in [3.05, 3.63) is 35.4 Å². The second-order valence-corrected chi connectivity index (χ2v) is 5.19. The Labute approximate surface area is 90.4 Å². The standard InChI is InChI=1S/C11H11NO2S/c1-8-3-2-4-9(5-8)6-15-7-10(13)12-11(15)14/h2-6H,7H2,1H3,(H,12,13,14). The minimum atomic E-state index is -0.586. The van der Waals surface area contributed by atoms with Gasteiger partial charge in [-0.05, 0) is 17.9 Å². The van der Waals surface area contributed by atoms with Crippen molar-refractivity contribution >= 4 is 27.0 Å². The molecular formula is C11H11NO2S. The van der Waals surface area contributed by atoms with E-state index in [1.54, 1.807) is 0 Å². The summed E-state index contributed by atoms with van der Waals surface area (Å²) >= 11 is 0. The SMILES string of the molecule is Cc1cccc(/C=S2\CC(=O)NC2=O)c1. The van der Waals surface area contributed by atoms with Crippen LogP contribution in [-0.4, -0.2) is 22.3 Å². The third-order valence-corrected chi connectivity index (χ3v) is 3.79. The number of hydrogen-bond donors (Lipinski definition) is 1. The average Bonchev–Trinajstić information content (AvgIpc) is 2.45. The zero-order valence-electron chi connectivity index (χ0n) is 8.32. The van der Waals surface area contributed by atoms with Gasteiger partial charge in [-0.3, -0.25) is 14.9 Å². The quantitative estimate of drug-likeness (QED) is 0.733. The van der Waals surface area contributed by atoms with Crippen LogP contribution in [0.1, 0.15) is 11.1 Å². The summed E-state index contributed by atoms with van der Waals surface area (Å²) in [7, 11) is -0.586. The Morgan fingerprint density at radius 3 is 2.80 bits per heavy atom. The summed E-state index contributed by atoms with van der Waals surface area (Å²) in [6.07, 6.45) is 0. The maximum atomic E-state index is 11.3. The van der Waals surface area contributed by atoms with Crippen molar-refractivity contribution in [2.24, 2.45) is 0 Å². The van der Waals surface area contributed by atoms with E-state index in [1.165, 1.54) is 0 Å². The van der Waals surface area contributed by atoms with Crippen LogP contribution in [0.2, 0.25) is 0 Å². The first-order chi connectivity index (χ1) is 7.15. The van der Waals surface area contributed by atoms with Gasteiger partial charge in [0.15, 0.2) is 0 Å². The number of hydrogen-bond acceptors (Lipinski definition) is 2. The van der Waals surface area contributed by atoms with Crippen molar-refractivity contribution in [1.82, 2.24) is 5.32 Å². The molecule has 0 bridgehead atoms. The Bertz CT molecular complexity index is 465. The molecule has 3 nitrogen and oxygen atoms in total. The summed E-state index contributed by atoms with van der Waals surface area (Å²) < 4.78 is 0. The highest BCUT2D eigenvalue weighted by atomic mass is 32.2. The van der Waals surface area contributed by atoms with E-state index in [0.29, 0.717) is 5.75 Å². The smallest absolute Gasteiger partial charge is 0.280 e. The fraction of sp³-hybridized carbons (Fsp3) is 0.182. The number of aryl methyl sites for hydroxylation is 1. The first-order valence-electron chi connectivity index (χ1n) is 4.60. The van der Waals surface area contributed by atoms with Crippen LogP contribution in [0.5, 0.6) is 0 Å². The third-order valence-electron chi connectivity index (χ3n) is 2.09. The van der Waals surface area contributed by atoms with Gasteiger partial charge in [-0.15, -0.1) is 0 Å². The number of imide groups is 1. The monoisotopic (exact) mass is 221 g/mol. The van der Waals surface area contributed by atoms with E-state index in [-0.39, 0.29) is 11.1 Å². The Balaban J connectivity index is 2.31. The molecule has 1 N–H and O–H groups in total. The lowest BCUT2D eigenvalue weighted by atomic mass is 10.2. The lowest BCUT2D eigenvalue weighted by Crippen LogP contribution is -2.18. The van der Waals surface area contributed by atoms with Gasteiger partial charge in [-0.1, -0.05) is 40.3 Å². The third kappa shape index (κ3) is 2.33. The van der Waals surface area contributed by atoms with Crippen LogP contribution in [0.3, 0.4) is 0 Å². The fourth-order valence-electron chi connectivity index (χ4n) is 1.43. The van der Waals surface area contributed by atoms with Crippen molar-refractivity contribution in [2.45, 2.75) is 6.92 Å². The van der Waals surface area contributed by atoms with Crippen molar-refractivity contribution < 1.29 is 9.59 Å². The molecule has 1 aliphatic heterocycles. The fourth-order valence-corrected chi connectivity index (χ4v) is 2.82. The molecule has 1 fully saturated rings. The van der Waals surface area contributed by atoms with Crippen LogP contribution in [0.4, 0.5) is 4.79 Å². The summed E-state index contributed by atoms with van der Waals surface area (Å²) in [5, 5.41) is 4.01. The second kappa shape index (κ2) is 3.98. The lowest BCUT2D eigenvalue weighted by molar-refractivity contribution is -0.117. The highest BCUT2D eigenvalue weighted by Crippen LogP contribution is 2.20. The van der Waals surface area contributed by atoms with E-state index in [1.807, 2.05) is 36.6 Å². The number of benzene rings is 1. The zero-order chi connectivity index (χ0) is 10.8. The van der Waals surface area contributed by atoms with Gasteiger partial charge in [0.2, 0.25) is 5.91 Å². The molecule has 1 aromatic carbocycles. The van der Waals surface area contributed by atoms with Gasteiger partial charge in [0.25, 0.3) is 5.24 Å². The van der Waals surface area contributed by atoms with Crippen LogP contribution in [0, 0.1) is 6.92 Å². The Kier molecular flexibility index (Phi) is 2.68. The van der Waals surface area contributed by atoms with Gasteiger partial charge in [-0.2, -0.15) is 0 Å². The van der Waals surface area contributed by atoms with Gasteiger partial charge in [0.1, 0.15) is 0 Å². The van der Waals surface area contributed by atoms with E-state index < -0.39 is 10.5 Å². The van der Waals surface area contributed by atoms with Crippen molar-refractivity contribution in [3.63, 3.8) is 0 Å². The number of rotatable bonds is 1. The minimum absolute atomic E-state index is 0.165. The van der Waals surface area contributed by atoms with Crippen LogP contribution < -0.4 is 5.32 Å². The molecule has 1 atom stereocenters. The van der Waals surface area contributed by atoms with Crippen molar-refractivity contribution in [1.29, 1.82) is 0 Å². The highest BCUT2D eigenvalue weighted by molar-refractivity contribution is 8.28. The van der Waals surface area contributed by atoms with E-state index in [2.05, 4.69) is 5.32 Å². The molecule has 0 aliphatic carbocycles. The average molecular weight is 221 g/mol. The highest BCUT2D eigenvalue weighted by Gasteiger charge is 2.22. The molecule has 1 saturated heterocycles. The predicted octanol–water partition coefficient (Wildman–Crippen LogP) is 1.66. The van der Waals surface area contributed by atoms with Crippen LogP contribution in [-0.2, 0) is 4.79 Å². The molecular weight excluding hydrogens is 210 g/mol. The molecule has 1 unspecified atom stereocenters. The topological polar surface area (TPSA) is 46.2 Å². The molecule has 0 spiro atoms. The van der Waals surface area contributed by atoms with E-state index >= 15 is 0 Å². The zero-order valence-corrected chi connectivity index (χ0v) is 9.14. The van der Waals surface area contributed by atoms with Crippen LogP contribution in [0.15, 0.2) is 24.3 Å². The van der Waals surface area contributed by atoms with Gasteiger partial charge in [0, 0.05) is 0 Å². The van der Waals surface area contributed by atoms with E-state index in [9.17, 15) is 9.59 Å². The molecule has 78 valence electrons. The van der Waals surface area contributed by atoms with Gasteiger partial charge < -0.3 is 0 Å². The number of amides is 2. The first-order valence-corrected chi connectivity index (χ1v) is 6.06. The summed E-state index contributed by atoms with van der Waals surface area (Å²) in [6, 6.07) is 7.89. The lowest BCUT2D eigenvalue weighted by Gasteiger charge is -1.97. The van der Waals surface area contributed by atoms with Crippen LogP contribution >= 0.6 is 10.5 Å². The van der Waals surface area contributed by atoms with E-state index in [4.69, 9.17) is 0 Å². The Morgan fingerprint density at radius 1 is 1.40 bits per heavy atom. The first kappa shape index (κ1) is 10.1. The van der Waals surface area contributed by atoms with Gasteiger partial charge >= 0.3 is 0 Å². The normalized spacial score (nSPS) is 20.7. The molecule has 1 heterocycles. The molecule has 1 aromatic rings. The van der Waals surface area contributed by atoms with Crippen molar-refractivity contribution in [3.8, 4) is 0 Å². The molecule has 2 amide bonds. The molecule has 0 radical (unpaired) electrons.